The topological polar surface area (TPSA) is 43.6 Å². The molecule has 312 valence electrons. The first kappa shape index (κ1) is 38.5. The summed E-state index contributed by atoms with van der Waals surface area (Å²) in [5, 5.41) is 8.16. The SMILES string of the molecule is c1ccc(-c2cc(-c3ccccc3)nc(-c3ccc(-c4ccc(-c5cccc6c5nc(-c5ccccc5)c5c6ccc6c5c5ccccc5n6-c5ccccc5)cc4)c4ccccc34)n2)cc1. The fourth-order valence-electron chi connectivity index (χ4n) is 10.1. The van der Waals surface area contributed by atoms with E-state index in [1.807, 2.05) is 12.1 Å². The fraction of sp³-hybridized carbons (Fsp3) is 0. The Labute approximate surface area is 387 Å². The van der Waals surface area contributed by atoms with Crippen LogP contribution in [0, 0.1) is 0 Å². The van der Waals surface area contributed by atoms with Gasteiger partial charge >= 0.3 is 0 Å². The molecule has 67 heavy (non-hydrogen) atoms. The molecular formula is C63H40N4. The minimum Gasteiger partial charge on any atom is -0.309 e. The van der Waals surface area contributed by atoms with Crippen LogP contribution in [0.4, 0.5) is 0 Å². The third-order valence-corrected chi connectivity index (χ3v) is 13.2. The van der Waals surface area contributed by atoms with Gasteiger partial charge in [-0.05, 0) is 69.2 Å². The lowest BCUT2D eigenvalue weighted by Crippen LogP contribution is -1.97. The summed E-state index contributed by atoms with van der Waals surface area (Å²) in [5.41, 5.74) is 15.9. The van der Waals surface area contributed by atoms with Crippen molar-refractivity contribution >= 4 is 54.3 Å². The van der Waals surface area contributed by atoms with Crippen molar-refractivity contribution in [2.75, 3.05) is 0 Å². The van der Waals surface area contributed by atoms with Crippen LogP contribution in [0.2, 0.25) is 0 Å². The Balaban J connectivity index is 0.951. The maximum absolute atomic E-state index is 5.68. The van der Waals surface area contributed by atoms with E-state index in [0.29, 0.717) is 5.82 Å². The number of hydrogen-bond donors (Lipinski definition) is 0. The second kappa shape index (κ2) is 15.9. The Hall–Kier alpha value is -8.99. The molecule has 0 spiro atoms. The highest BCUT2D eigenvalue weighted by Gasteiger charge is 2.22. The van der Waals surface area contributed by atoms with Gasteiger partial charge in [-0.2, -0.15) is 0 Å². The smallest absolute Gasteiger partial charge is 0.161 e. The molecule has 0 saturated carbocycles. The summed E-state index contributed by atoms with van der Waals surface area (Å²) >= 11 is 0. The first-order chi connectivity index (χ1) is 33.2. The molecule has 0 radical (unpaired) electrons. The van der Waals surface area contributed by atoms with Crippen molar-refractivity contribution in [3.05, 3.63) is 243 Å². The molecule has 13 aromatic rings. The zero-order valence-electron chi connectivity index (χ0n) is 36.4. The Kier molecular flexibility index (Phi) is 9.14. The first-order valence-corrected chi connectivity index (χ1v) is 22.8. The van der Waals surface area contributed by atoms with Gasteiger partial charge in [0.2, 0.25) is 0 Å². The van der Waals surface area contributed by atoms with Gasteiger partial charge in [-0.25, -0.2) is 15.0 Å². The number of fused-ring (bicyclic) bond motifs is 8. The summed E-state index contributed by atoms with van der Waals surface area (Å²) in [5.74, 6) is 0.701. The number of pyridine rings is 1. The van der Waals surface area contributed by atoms with Crippen molar-refractivity contribution in [2.45, 2.75) is 0 Å². The summed E-state index contributed by atoms with van der Waals surface area (Å²) < 4.78 is 2.39. The van der Waals surface area contributed by atoms with Gasteiger partial charge in [-0.3, -0.25) is 0 Å². The molecule has 0 amide bonds. The van der Waals surface area contributed by atoms with Gasteiger partial charge in [-0.15, -0.1) is 0 Å². The minimum absolute atomic E-state index is 0.701. The minimum atomic E-state index is 0.701. The normalized spacial score (nSPS) is 11.6. The molecule has 0 aliphatic carbocycles. The predicted molar refractivity (Wildman–Crippen MR) is 279 cm³/mol. The van der Waals surface area contributed by atoms with Gasteiger partial charge in [0.15, 0.2) is 5.82 Å². The molecule has 0 fully saturated rings. The van der Waals surface area contributed by atoms with Gasteiger partial charge in [0, 0.05) is 55.0 Å². The Morgan fingerprint density at radius 3 is 1.46 bits per heavy atom. The van der Waals surface area contributed by atoms with Crippen LogP contribution in [-0.2, 0) is 0 Å². The number of hydrogen-bond acceptors (Lipinski definition) is 3. The van der Waals surface area contributed by atoms with E-state index in [1.54, 1.807) is 0 Å². The standard InChI is InChI=1S/C63H40N4/c1-5-18-43(19-6-1)55-40-56(44-20-7-2-8-21-44)65-63(64-55)53-37-36-47(49-26-13-14-27-50(49)53)41-32-34-42(35-33-41)48-29-17-30-52-51-38-39-58-59(60(51)61(66-62(48)52)45-22-9-3-10-23-45)54-28-15-16-31-57(54)67(58)46-24-11-4-12-25-46/h1-40H. The molecule has 0 N–H and O–H groups in total. The van der Waals surface area contributed by atoms with Gasteiger partial charge in [0.1, 0.15) is 0 Å². The average Bonchev–Trinajstić information content (AvgIpc) is 3.76. The highest BCUT2D eigenvalue weighted by Crippen LogP contribution is 2.45. The molecule has 3 heterocycles. The molecule has 4 nitrogen and oxygen atoms in total. The first-order valence-electron chi connectivity index (χ1n) is 22.8. The summed E-state index contributed by atoms with van der Waals surface area (Å²) in [6.07, 6.45) is 0. The maximum Gasteiger partial charge on any atom is 0.161 e. The van der Waals surface area contributed by atoms with Crippen LogP contribution in [0.3, 0.4) is 0 Å². The van der Waals surface area contributed by atoms with Gasteiger partial charge in [-0.1, -0.05) is 206 Å². The molecule has 0 saturated heterocycles. The van der Waals surface area contributed by atoms with Crippen LogP contribution < -0.4 is 0 Å². The highest BCUT2D eigenvalue weighted by molar-refractivity contribution is 6.29. The highest BCUT2D eigenvalue weighted by atomic mass is 15.0. The molecule has 4 heteroatoms. The fourth-order valence-corrected chi connectivity index (χ4v) is 10.1. The van der Waals surface area contributed by atoms with E-state index in [0.717, 1.165) is 94.5 Å². The predicted octanol–water partition coefficient (Wildman–Crippen LogP) is 16.4. The Morgan fingerprint density at radius 2 is 0.806 bits per heavy atom. The Bertz CT molecular complexity index is 3940. The van der Waals surface area contributed by atoms with E-state index in [4.69, 9.17) is 15.0 Å². The number of nitrogens with zero attached hydrogens (tertiary/aromatic N) is 4. The van der Waals surface area contributed by atoms with Crippen LogP contribution in [-0.4, -0.2) is 19.5 Å². The third kappa shape index (κ3) is 6.49. The second-order valence-electron chi connectivity index (χ2n) is 17.1. The summed E-state index contributed by atoms with van der Waals surface area (Å²) in [7, 11) is 0. The van der Waals surface area contributed by atoms with Gasteiger partial charge < -0.3 is 4.57 Å². The summed E-state index contributed by atoms with van der Waals surface area (Å²) in [6, 6.07) is 86.1. The number of benzene rings is 10. The lowest BCUT2D eigenvalue weighted by molar-refractivity contribution is 1.18. The maximum atomic E-state index is 5.68. The van der Waals surface area contributed by atoms with Gasteiger partial charge in [0.05, 0.1) is 33.6 Å². The second-order valence-corrected chi connectivity index (χ2v) is 17.1. The zero-order valence-corrected chi connectivity index (χ0v) is 36.4. The number of rotatable bonds is 7. The average molecular weight is 853 g/mol. The number of para-hydroxylation sites is 3. The summed E-state index contributed by atoms with van der Waals surface area (Å²) in [6.45, 7) is 0. The molecule has 0 atom stereocenters. The van der Waals surface area contributed by atoms with Crippen LogP contribution in [0.25, 0.3) is 127 Å². The number of aromatic nitrogens is 4. The molecule has 0 bridgehead atoms. The van der Waals surface area contributed by atoms with E-state index in [9.17, 15) is 0 Å². The van der Waals surface area contributed by atoms with Crippen LogP contribution in [0.15, 0.2) is 243 Å². The van der Waals surface area contributed by atoms with Gasteiger partial charge in [0.25, 0.3) is 0 Å². The van der Waals surface area contributed by atoms with E-state index in [-0.39, 0.29) is 0 Å². The van der Waals surface area contributed by atoms with E-state index in [1.165, 1.54) is 27.1 Å². The molecule has 0 aliphatic rings. The molecule has 10 aromatic carbocycles. The monoisotopic (exact) mass is 852 g/mol. The van der Waals surface area contributed by atoms with Crippen molar-refractivity contribution in [3.63, 3.8) is 0 Å². The largest absolute Gasteiger partial charge is 0.309 e. The molecule has 13 rings (SSSR count). The van der Waals surface area contributed by atoms with E-state index < -0.39 is 0 Å². The molecule has 0 unspecified atom stereocenters. The third-order valence-electron chi connectivity index (χ3n) is 13.2. The van der Waals surface area contributed by atoms with Crippen LogP contribution in [0.5, 0.6) is 0 Å². The van der Waals surface area contributed by atoms with Crippen molar-refractivity contribution in [1.82, 2.24) is 19.5 Å². The van der Waals surface area contributed by atoms with Crippen LogP contribution >= 0.6 is 0 Å². The van der Waals surface area contributed by atoms with Crippen molar-refractivity contribution < 1.29 is 0 Å². The lowest BCUT2D eigenvalue weighted by Gasteiger charge is -2.16. The summed E-state index contributed by atoms with van der Waals surface area (Å²) in [4.78, 5) is 16.1. The molecular weight excluding hydrogens is 813 g/mol. The van der Waals surface area contributed by atoms with E-state index in [2.05, 4.69) is 235 Å². The molecule has 3 aromatic heterocycles. The molecule has 0 aliphatic heterocycles. The van der Waals surface area contributed by atoms with Crippen LogP contribution in [0.1, 0.15) is 0 Å². The Morgan fingerprint density at radius 1 is 0.284 bits per heavy atom. The zero-order chi connectivity index (χ0) is 44.3. The lowest BCUT2D eigenvalue weighted by atomic mass is 9.92. The van der Waals surface area contributed by atoms with Crippen molar-refractivity contribution in [1.29, 1.82) is 0 Å². The van der Waals surface area contributed by atoms with E-state index >= 15 is 0 Å². The quantitative estimate of drug-likeness (QED) is 0.150. The van der Waals surface area contributed by atoms with Crippen molar-refractivity contribution in [3.8, 4) is 73.1 Å². The van der Waals surface area contributed by atoms with Crippen molar-refractivity contribution in [2.24, 2.45) is 0 Å².